The molecule has 2 aromatic rings. The van der Waals surface area contributed by atoms with Gasteiger partial charge in [0, 0.05) is 26.2 Å². The van der Waals surface area contributed by atoms with Crippen molar-refractivity contribution < 1.29 is 13.2 Å². The van der Waals surface area contributed by atoms with Gasteiger partial charge in [-0.1, -0.05) is 31.2 Å². The summed E-state index contributed by atoms with van der Waals surface area (Å²) >= 11 is 0. The lowest BCUT2D eigenvalue weighted by Crippen LogP contribution is -2.51. The zero-order chi connectivity index (χ0) is 21.0. The fraction of sp³-hybridized carbons (Fsp3) is 0.409. The zero-order valence-corrected chi connectivity index (χ0v) is 18.2. The summed E-state index contributed by atoms with van der Waals surface area (Å²) in [5, 5.41) is 0. The number of hydrogen-bond donors (Lipinski definition) is 0. The molecule has 1 saturated heterocycles. The molecule has 1 fully saturated rings. The highest BCUT2D eigenvalue weighted by Crippen LogP contribution is 2.26. The first-order valence-corrected chi connectivity index (χ1v) is 11.4. The van der Waals surface area contributed by atoms with Gasteiger partial charge in [0.05, 0.1) is 10.6 Å². The Kier molecular flexibility index (Phi) is 6.59. The number of likely N-dealkylation sites (N-methyl/N-ethyl adjacent to an activating group) is 1. The molecule has 0 bridgehead atoms. The van der Waals surface area contributed by atoms with E-state index in [9.17, 15) is 13.2 Å². The summed E-state index contributed by atoms with van der Waals surface area (Å²) in [6.45, 7) is 9.66. The van der Waals surface area contributed by atoms with Crippen LogP contribution in [-0.4, -0.2) is 63.4 Å². The molecule has 0 N–H and O–H groups in total. The van der Waals surface area contributed by atoms with E-state index < -0.39 is 10.0 Å². The first kappa shape index (κ1) is 21.3. The molecular weight excluding hydrogens is 386 g/mol. The van der Waals surface area contributed by atoms with Crippen molar-refractivity contribution in [2.24, 2.45) is 0 Å². The van der Waals surface area contributed by atoms with Gasteiger partial charge in [-0.05, 0) is 55.8 Å². The largest absolute Gasteiger partial charge is 0.339 e. The average Bonchev–Trinajstić information content (AvgIpc) is 2.74. The first-order chi connectivity index (χ1) is 13.8. The lowest BCUT2D eigenvalue weighted by Gasteiger charge is -2.35. The Morgan fingerprint density at radius 1 is 0.966 bits per heavy atom. The summed E-state index contributed by atoms with van der Waals surface area (Å²) in [7, 11) is -3.86. The number of amides is 1. The number of carbonyl (C=O) groups is 1. The number of carbonyl (C=O) groups excluding carboxylic acids is 1. The minimum atomic E-state index is -3.86. The van der Waals surface area contributed by atoms with Crippen LogP contribution in [-0.2, 0) is 14.8 Å². The molecule has 1 amide bonds. The fourth-order valence-corrected chi connectivity index (χ4v) is 4.88. The van der Waals surface area contributed by atoms with Crippen LogP contribution in [0.2, 0.25) is 0 Å². The van der Waals surface area contributed by atoms with E-state index in [1.165, 1.54) is 4.31 Å². The Bertz CT molecular complexity index is 953. The van der Waals surface area contributed by atoms with Crippen molar-refractivity contribution in [2.45, 2.75) is 25.7 Å². The van der Waals surface area contributed by atoms with Gasteiger partial charge < -0.3 is 9.80 Å². The minimum absolute atomic E-state index is 0.168. The monoisotopic (exact) mass is 415 g/mol. The SMILES string of the molecule is CCN1CCN(C(=O)CN(c2ccc(C)c(C)c2)S(=O)(=O)c2ccccc2)CC1. The maximum atomic E-state index is 13.4. The van der Waals surface area contributed by atoms with Gasteiger partial charge in [0.1, 0.15) is 6.54 Å². The van der Waals surface area contributed by atoms with Crippen LogP contribution in [0.5, 0.6) is 0 Å². The third-order valence-electron chi connectivity index (χ3n) is 5.56. The van der Waals surface area contributed by atoms with Gasteiger partial charge in [-0.15, -0.1) is 0 Å². The first-order valence-electron chi connectivity index (χ1n) is 9.98. The molecule has 0 saturated carbocycles. The van der Waals surface area contributed by atoms with Crippen LogP contribution in [0.1, 0.15) is 18.1 Å². The van der Waals surface area contributed by atoms with Crippen molar-refractivity contribution >= 4 is 21.6 Å². The maximum Gasteiger partial charge on any atom is 0.264 e. The van der Waals surface area contributed by atoms with E-state index in [1.807, 2.05) is 26.0 Å². The van der Waals surface area contributed by atoms with Crippen LogP contribution in [0.4, 0.5) is 5.69 Å². The van der Waals surface area contributed by atoms with Gasteiger partial charge in [0.25, 0.3) is 10.0 Å². The molecule has 0 aromatic heterocycles. The molecule has 7 heteroatoms. The van der Waals surface area contributed by atoms with Gasteiger partial charge >= 0.3 is 0 Å². The summed E-state index contributed by atoms with van der Waals surface area (Å²) in [5.74, 6) is -0.168. The van der Waals surface area contributed by atoms with Crippen LogP contribution in [0, 0.1) is 13.8 Å². The third-order valence-corrected chi connectivity index (χ3v) is 7.35. The highest BCUT2D eigenvalue weighted by Gasteiger charge is 2.30. The Labute approximate surface area is 173 Å². The summed E-state index contributed by atoms with van der Waals surface area (Å²) in [6, 6.07) is 13.8. The second-order valence-electron chi connectivity index (χ2n) is 7.41. The summed E-state index contributed by atoms with van der Waals surface area (Å²) in [6.07, 6.45) is 0. The van der Waals surface area contributed by atoms with Crippen molar-refractivity contribution in [3.8, 4) is 0 Å². The molecule has 1 aliphatic heterocycles. The van der Waals surface area contributed by atoms with Gasteiger partial charge in [0.2, 0.25) is 5.91 Å². The number of benzene rings is 2. The molecule has 2 aromatic carbocycles. The number of sulfonamides is 1. The number of anilines is 1. The number of aryl methyl sites for hydroxylation is 2. The van der Waals surface area contributed by atoms with Crippen LogP contribution in [0.3, 0.4) is 0 Å². The molecule has 0 radical (unpaired) electrons. The van der Waals surface area contributed by atoms with Gasteiger partial charge in [-0.2, -0.15) is 0 Å². The average molecular weight is 416 g/mol. The van der Waals surface area contributed by atoms with Crippen LogP contribution in [0.15, 0.2) is 53.4 Å². The zero-order valence-electron chi connectivity index (χ0n) is 17.3. The number of nitrogens with zero attached hydrogens (tertiary/aromatic N) is 3. The Morgan fingerprint density at radius 2 is 1.62 bits per heavy atom. The normalized spacial score (nSPS) is 15.3. The molecule has 29 heavy (non-hydrogen) atoms. The summed E-state index contributed by atoms with van der Waals surface area (Å²) in [4.78, 5) is 17.2. The molecule has 3 rings (SSSR count). The van der Waals surface area contributed by atoms with Crippen molar-refractivity contribution in [1.29, 1.82) is 0 Å². The smallest absolute Gasteiger partial charge is 0.264 e. The molecule has 0 aliphatic carbocycles. The summed E-state index contributed by atoms with van der Waals surface area (Å²) < 4.78 is 28.0. The highest BCUT2D eigenvalue weighted by molar-refractivity contribution is 7.92. The number of piperazine rings is 1. The van der Waals surface area contributed by atoms with Crippen molar-refractivity contribution in [1.82, 2.24) is 9.80 Å². The molecule has 1 heterocycles. The fourth-order valence-electron chi connectivity index (χ4n) is 3.45. The summed E-state index contributed by atoms with van der Waals surface area (Å²) in [5.41, 5.74) is 2.57. The van der Waals surface area contributed by atoms with E-state index in [-0.39, 0.29) is 17.3 Å². The molecule has 0 unspecified atom stereocenters. The second kappa shape index (κ2) is 8.97. The highest BCUT2D eigenvalue weighted by atomic mass is 32.2. The van der Waals surface area contributed by atoms with Gasteiger partial charge in [-0.25, -0.2) is 8.42 Å². The lowest BCUT2D eigenvalue weighted by molar-refractivity contribution is -0.131. The molecule has 1 aliphatic rings. The maximum absolute atomic E-state index is 13.4. The predicted octanol–water partition coefficient (Wildman–Crippen LogP) is 2.66. The van der Waals surface area contributed by atoms with Crippen LogP contribution < -0.4 is 4.31 Å². The standard InChI is InChI=1S/C22H29N3O3S/c1-4-23-12-14-24(15-13-23)22(26)17-25(20-11-10-18(2)19(3)16-20)29(27,28)21-8-6-5-7-9-21/h5-11,16H,4,12-15,17H2,1-3H3. The number of hydrogen-bond acceptors (Lipinski definition) is 4. The quantitative estimate of drug-likeness (QED) is 0.728. The Hall–Kier alpha value is -2.38. The van der Waals surface area contributed by atoms with Crippen LogP contribution in [0.25, 0.3) is 0 Å². The Balaban J connectivity index is 1.91. The van der Waals surface area contributed by atoms with Crippen molar-refractivity contribution in [3.05, 3.63) is 59.7 Å². The minimum Gasteiger partial charge on any atom is -0.339 e. The molecule has 0 spiro atoms. The van der Waals surface area contributed by atoms with Gasteiger partial charge in [-0.3, -0.25) is 9.10 Å². The van der Waals surface area contributed by atoms with E-state index >= 15 is 0 Å². The number of rotatable bonds is 6. The van der Waals surface area contributed by atoms with Crippen molar-refractivity contribution in [2.75, 3.05) is 43.6 Å². The lowest BCUT2D eigenvalue weighted by atomic mass is 10.1. The van der Waals surface area contributed by atoms with E-state index in [0.29, 0.717) is 18.8 Å². The van der Waals surface area contributed by atoms with E-state index in [1.54, 1.807) is 41.3 Å². The van der Waals surface area contributed by atoms with E-state index in [2.05, 4.69) is 11.8 Å². The second-order valence-corrected chi connectivity index (χ2v) is 9.27. The van der Waals surface area contributed by atoms with E-state index in [0.717, 1.165) is 30.8 Å². The topological polar surface area (TPSA) is 60.9 Å². The molecule has 6 nitrogen and oxygen atoms in total. The van der Waals surface area contributed by atoms with E-state index in [4.69, 9.17) is 0 Å². The molecule has 156 valence electrons. The molecular formula is C22H29N3O3S. The van der Waals surface area contributed by atoms with Crippen LogP contribution >= 0.6 is 0 Å². The molecule has 0 atom stereocenters. The van der Waals surface area contributed by atoms with Crippen molar-refractivity contribution in [3.63, 3.8) is 0 Å². The van der Waals surface area contributed by atoms with Gasteiger partial charge in [0.15, 0.2) is 0 Å². The third kappa shape index (κ3) is 4.79. The predicted molar refractivity (Wildman–Crippen MR) is 116 cm³/mol. The Morgan fingerprint density at radius 3 is 2.21 bits per heavy atom.